The molecule has 0 spiro atoms. The highest BCUT2D eigenvalue weighted by atomic mass is 16.5. The SMILES string of the molecule is O=C1[C@@H]2CN1CCCCCCCCCCN2C(=O)COc1ccccc1. The van der Waals surface area contributed by atoms with Crippen LogP contribution in [-0.4, -0.2) is 53.9 Å². The van der Waals surface area contributed by atoms with E-state index in [4.69, 9.17) is 4.74 Å². The first-order valence-corrected chi connectivity index (χ1v) is 10.0. The van der Waals surface area contributed by atoms with Crippen LogP contribution in [0.2, 0.25) is 0 Å². The van der Waals surface area contributed by atoms with Crippen LogP contribution < -0.4 is 4.74 Å². The van der Waals surface area contributed by atoms with Gasteiger partial charge in [0.05, 0.1) is 6.54 Å². The topological polar surface area (TPSA) is 49.9 Å². The molecular weight excluding hydrogens is 328 g/mol. The molecule has 0 N–H and O–H groups in total. The smallest absolute Gasteiger partial charge is 0.261 e. The monoisotopic (exact) mass is 358 g/mol. The Balaban J connectivity index is 1.58. The molecule has 2 amide bonds. The molecule has 4 rings (SSSR count). The molecule has 5 nitrogen and oxygen atoms in total. The van der Waals surface area contributed by atoms with E-state index in [-0.39, 0.29) is 24.5 Å². The van der Waals surface area contributed by atoms with Gasteiger partial charge in [-0.3, -0.25) is 9.59 Å². The summed E-state index contributed by atoms with van der Waals surface area (Å²) in [5.74, 6) is 0.707. The van der Waals surface area contributed by atoms with Crippen molar-refractivity contribution in [1.82, 2.24) is 9.80 Å². The van der Waals surface area contributed by atoms with Crippen LogP contribution in [0.4, 0.5) is 0 Å². The van der Waals surface area contributed by atoms with E-state index in [9.17, 15) is 9.59 Å². The number of amides is 2. The lowest BCUT2D eigenvalue weighted by Gasteiger charge is -2.44. The quantitative estimate of drug-likeness (QED) is 0.780. The van der Waals surface area contributed by atoms with Crippen LogP contribution in [0.3, 0.4) is 0 Å². The minimum absolute atomic E-state index is 0.00616. The van der Waals surface area contributed by atoms with Crippen molar-refractivity contribution in [3.05, 3.63) is 30.3 Å². The predicted octanol–water partition coefficient (Wildman–Crippen LogP) is 3.24. The Labute approximate surface area is 156 Å². The summed E-state index contributed by atoms with van der Waals surface area (Å²) in [6, 6.07) is 9.07. The number of β-lactam (4-membered cyclic amide) rings is 1. The molecule has 3 saturated heterocycles. The molecule has 3 fully saturated rings. The van der Waals surface area contributed by atoms with Gasteiger partial charge in [-0.1, -0.05) is 56.7 Å². The zero-order valence-electron chi connectivity index (χ0n) is 15.6. The van der Waals surface area contributed by atoms with Gasteiger partial charge in [-0.15, -0.1) is 0 Å². The number of rotatable bonds is 3. The highest BCUT2D eigenvalue weighted by Crippen LogP contribution is 2.21. The van der Waals surface area contributed by atoms with Gasteiger partial charge in [0, 0.05) is 13.1 Å². The first kappa shape index (κ1) is 18.7. The highest BCUT2D eigenvalue weighted by Gasteiger charge is 2.42. The maximum Gasteiger partial charge on any atom is 0.261 e. The van der Waals surface area contributed by atoms with Gasteiger partial charge in [-0.25, -0.2) is 0 Å². The highest BCUT2D eigenvalue weighted by molar-refractivity contribution is 5.92. The standard InChI is InChI=1S/C21H30N2O3/c24-20(17-26-18-12-8-7-9-13-18)23-15-11-6-4-2-1-3-5-10-14-22-16-19(23)21(22)25/h7-9,12-13,19H,1-6,10-11,14-17H2/t19-/m0/s1. The third-order valence-corrected chi connectivity index (χ3v) is 5.37. The van der Waals surface area contributed by atoms with Gasteiger partial charge in [-0.2, -0.15) is 0 Å². The van der Waals surface area contributed by atoms with E-state index >= 15 is 0 Å². The lowest BCUT2D eigenvalue weighted by Crippen LogP contribution is -2.65. The zero-order chi connectivity index (χ0) is 18.2. The van der Waals surface area contributed by atoms with Gasteiger partial charge < -0.3 is 14.5 Å². The van der Waals surface area contributed by atoms with Crippen molar-refractivity contribution < 1.29 is 14.3 Å². The van der Waals surface area contributed by atoms with Gasteiger partial charge in [-0.05, 0) is 25.0 Å². The second-order valence-corrected chi connectivity index (χ2v) is 7.32. The molecule has 1 aromatic carbocycles. The van der Waals surface area contributed by atoms with Gasteiger partial charge in [0.2, 0.25) is 5.91 Å². The largest absolute Gasteiger partial charge is 0.484 e. The predicted molar refractivity (Wildman–Crippen MR) is 101 cm³/mol. The number of hydrogen-bond donors (Lipinski definition) is 0. The summed E-state index contributed by atoms with van der Waals surface area (Å²) in [5, 5.41) is 0. The second-order valence-electron chi connectivity index (χ2n) is 7.32. The molecule has 26 heavy (non-hydrogen) atoms. The maximum absolute atomic E-state index is 12.7. The van der Waals surface area contributed by atoms with Crippen LogP contribution in [-0.2, 0) is 9.59 Å². The fourth-order valence-corrected chi connectivity index (χ4v) is 3.75. The Bertz CT molecular complexity index is 590. The molecule has 3 heterocycles. The lowest BCUT2D eigenvalue weighted by molar-refractivity contribution is -0.158. The number of fused-ring (bicyclic) bond motifs is 10. The molecule has 5 heteroatoms. The van der Waals surface area contributed by atoms with Crippen molar-refractivity contribution in [2.24, 2.45) is 0 Å². The van der Waals surface area contributed by atoms with E-state index in [1.54, 1.807) is 4.90 Å². The van der Waals surface area contributed by atoms with Crippen molar-refractivity contribution in [2.75, 3.05) is 26.2 Å². The van der Waals surface area contributed by atoms with Gasteiger partial charge in [0.1, 0.15) is 11.8 Å². The number of carbonyl (C=O) groups excluding carboxylic acids is 2. The summed E-state index contributed by atoms with van der Waals surface area (Å²) in [4.78, 5) is 28.9. The first-order chi connectivity index (χ1) is 12.8. The summed E-state index contributed by atoms with van der Waals surface area (Å²) in [5.41, 5.74) is 0. The van der Waals surface area contributed by atoms with Crippen LogP contribution in [0.5, 0.6) is 5.75 Å². The van der Waals surface area contributed by atoms with Crippen molar-refractivity contribution in [3.8, 4) is 5.75 Å². The normalized spacial score (nSPS) is 22.3. The average Bonchev–Trinajstić information content (AvgIpc) is 2.67. The molecule has 142 valence electrons. The van der Waals surface area contributed by atoms with E-state index < -0.39 is 0 Å². The lowest BCUT2D eigenvalue weighted by atomic mass is 10.0. The summed E-state index contributed by atoms with van der Waals surface area (Å²) < 4.78 is 5.61. The fourth-order valence-electron chi connectivity index (χ4n) is 3.75. The van der Waals surface area contributed by atoms with Crippen LogP contribution in [0.15, 0.2) is 30.3 Å². The van der Waals surface area contributed by atoms with Crippen molar-refractivity contribution in [2.45, 2.75) is 57.4 Å². The third-order valence-electron chi connectivity index (χ3n) is 5.37. The molecule has 0 saturated carbocycles. The molecule has 1 atom stereocenters. The van der Waals surface area contributed by atoms with E-state index in [0.717, 1.165) is 25.8 Å². The molecule has 0 aliphatic carbocycles. The van der Waals surface area contributed by atoms with E-state index in [0.29, 0.717) is 18.8 Å². The van der Waals surface area contributed by atoms with Gasteiger partial charge in [0.15, 0.2) is 6.61 Å². The summed E-state index contributed by atoms with van der Waals surface area (Å²) in [6.07, 6.45) is 9.39. The molecule has 3 aliphatic heterocycles. The van der Waals surface area contributed by atoms with E-state index in [2.05, 4.69) is 0 Å². The van der Waals surface area contributed by atoms with Crippen molar-refractivity contribution in [1.29, 1.82) is 0 Å². The molecule has 3 aliphatic rings. The fraction of sp³-hybridized carbons (Fsp3) is 0.619. The van der Waals surface area contributed by atoms with Crippen LogP contribution in [0.1, 0.15) is 51.4 Å². The Kier molecular flexibility index (Phi) is 6.92. The second kappa shape index (κ2) is 9.60. The summed E-state index contributed by atoms with van der Waals surface area (Å²) in [7, 11) is 0. The van der Waals surface area contributed by atoms with Crippen LogP contribution in [0, 0.1) is 0 Å². The minimum atomic E-state index is -0.287. The first-order valence-electron chi connectivity index (χ1n) is 10.0. The number of nitrogens with zero attached hydrogens (tertiary/aromatic N) is 2. The van der Waals surface area contributed by atoms with Crippen LogP contribution >= 0.6 is 0 Å². The number of hydrogen-bond acceptors (Lipinski definition) is 3. The van der Waals surface area contributed by atoms with Crippen LogP contribution in [0.25, 0.3) is 0 Å². The third kappa shape index (κ3) is 4.99. The van der Waals surface area contributed by atoms with Gasteiger partial charge in [0.25, 0.3) is 5.91 Å². The minimum Gasteiger partial charge on any atom is -0.484 e. The van der Waals surface area contributed by atoms with Crippen molar-refractivity contribution in [3.63, 3.8) is 0 Å². The molecule has 1 aromatic rings. The van der Waals surface area contributed by atoms with E-state index in [1.807, 2.05) is 35.2 Å². The Morgan fingerprint density at radius 1 is 0.923 bits per heavy atom. The Morgan fingerprint density at radius 3 is 2.19 bits per heavy atom. The van der Waals surface area contributed by atoms with E-state index in [1.165, 1.54) is 32.1 Å². The summed E-state index contributed by atoms with van der Waals surface area (Å²) in [6.45, 7) is 2.16. The Morgan fingerprint density at radius 2 is 1.54 bits per heavy atom. The molecular formula is C21H30N2O3. The average molecular weight is 358 g/mol. The molecule has 2 bridgehead atoms. The molecule has 0 radical (unpaired) electrons. The number of carbonyl (C=O) groups is 2. The Hall–Kier alpha value is -2.04. The van der Waals surface area contributed by atoms with Gasteiger partial charge >= 0.3 is 0 Å². The number of benzene rings is 1. The summed E-state index contributed by atoms with van der Waals surface area (Å²) >= 11 is 0. The molecule has 0 aromatic heterocycles. The zero-order valence-corrected chi connectivity index (χ0v) is 15.6. The maximum atomic E-state index is 12.7. The number of ether oxygens (including phenoxy) is 1. The van der Waals surface area contributed by atoms with Crippen molar-refractivity contribution >= 4 is 11.8 Å². The number of para-hydroxylation sites is 1. The molecule has 0 unspecified atom stereocenters.